The van der Waals surface area contributed by atoms with Gasteiger partial charge in [-0.25, -0.2) is 4.85 Å². The highest BCUT2D eigenvalue weighted by atomic mass is 35.5. The van der Waals surface area contributed by atoms with Crippen LogP contribution in [0.2, 0.25) is 5.02 Å². The molecular weight excluding hydrogens is 270 g/mol. The molecule has 0 spiro atoms. The van der Waals surface area contributed by atoms with Crippen LogP contribution in [0.3, 0.4) is 0 Å². The summed E-state index contributed by atoms with van der Waals surface area (Å²) in [5.41, 5.74) is 3.16. The molecule has 2 aromatic rings. The minimum atomic E-state index is 0.479. The SMILES string of the molecule is [C-]#[N+]c1ccc(C2CC2c2ccc(OC)cc2Cl)cc1. The van der Waals surface area contributed by atoms with Gasteiger partial charge in [-0.05, 0) is 41.5 Å². The summed E-state index contributed by atoms with van der Waals surface area (Å²) < 4.78 is 5.17. The van der Waals surface area contributed by atoms with Gasteiger partial charge < -0.3 is 4.74 Å². The first-order valence-electron chi connectivity index (χ1n) is 6.54. The Labute approximate surface area is 123 Å². The van der Waals surface area contributed by atoms with Gasteiger partial charge in [-0.3, -0.25) is 0 Å². The first-order chi connectivity index (χ1) is 9.72. The zero-order valence-corrected chi connectivity index (χ0v) is 11.9. The standard InChI is InChI=1S/C17H14ClNO/c1-19-12-5-3-11(4-6-12)15-10-16(15)14-8-7-13(20-2)9-17(14)18/h3-9,15-16H,10H2,2H3. The molecule has 2 atom stereocenters. The Hall–Kier alpha value is -1.98. The van der Waals surface area contributed by atoms with E-state index in [1.165, 1.54) is 11.1 Å². The summed E-state index contributed by atoms with van der Waals surface area (Å²) in [6.45, 7) is 6.97. The molecule has 1 saturated carbocycles. The van der Waals surface area contributed by atoms with Crippen molar-refractivity contribution in [1.29, 1.82) is 0 Å². The molecule has 1 fully saturated rings. The molecule has 0 radical (unpaired) electrons. The van der Waals surface area contributed by atoms with Crippen LogP contribution in [0.1, 0.15) is 29.4 Å². The summed E-state index contributed by atoms with van der Waals surface area (Å²) in [7, 11) is 1.64. The van der Waals surface area contributed by atoms with Crippen LogP contribution in [-0.2, 0) is 0 Å². The third-order valence-corrected chi connectivity index (χ3v) is 4.18. The van der Waals surface area contributed by atoms with Crippen molar-refractivity contribution in [2.24, 2.45) is 0 Å². The lowest BCUT2D eigenvalue weighted by molar-refractivity contribution is 0.414. The Morgan fingerprint density at radius 1 is 1.15 bits per heavy atom. The Kier molecular flexibility index (Phi) is 3.38. The average molecular weight is 284 g/mol. The fourth-order valence-electron chi connectivity index (χ4n) is 2.64. The van der Waals surface area contributed by atoms with Crippen molar-refractivity contribution in [2.75, 3.05) is 7.11 Å². The molecule has 1 aliphatic carbocycles. The van der Waals surface area contributed by atoms with E-state index < -0.39 is 0 Å². The van der Waals surface area contributed by atoms with Crippen LogP contribution >= 0.6 is 11.6 Å². The minimum Gasteiger partial charge on any atom is -0.497 e. The Bertz CT molecular complexity index is 672. The van der Waals surface area contributed by atoms with Gasteiger partial charge in [0.25, 0.3) is 0 Å². The monoisotopic (exact) mass is 283 g/mol. The van der Waals surface area contributed by atoms with Crippen LogP contribution in [-0.4, -0.2) is 7.11 Å². The minimum absolute atomic E-state index is 0.479. The van der Waals surface area contributed by atoms with Gasteiger partial charge in [0, 0.05) is 5.02 Å². The average Bonchev–Trinajstić information content (AvgIpc) is 3.27. The van der Waals surface area contributed by atoms with Crippen LogP contribution < -0.4 is 4.74 Å². The topological polar surface area (TPSA) is 13.6 Å². The summed E-state index contributed by atoms with van der Waals surface area (Å²) in [6, 6.07) is 13.7. The maximum absolute atomic E-state index is 6.97. The molecule has 3 rings (SSSR count). The van der Waals surface area contributed by atoms with Crippen LogP contribution in [0.4, 0.5) is 5.69 Å². The second-order valence-electron chi connectivity index (χ2n) is 5.04. The van der Waals surface area contributed by atoms with Crippen molar-refractivity contribution >= 4 is 17.3 Å². The molecule has 0 bridgehead atoms. The zero-order valence-electron chi connectivity index (χ0n) is 11.1. The molecule has 0 N–H and O–H groups in total. The number of ether oxygens (including phenoxy) is 1. The normalized spacial score (nSPS) is 20.2. The lowest BCUT2D eigenvalue weighted by atomic mass is 10.0. The van der Waals surface area contributed by atoms with Gasteiger partial charge in [-0.1, -0.05) is 41.9 Å². The van der Waals surface area contributed by atoms with Gasteiger partial charge >= 0.3 is 0 Å². The molecule has 20 heavy (non-hydrogen) atoms. The number of methoxy groups -OCH3 is 1. The predicted molar refractivity (Wildman–Crippen MR) is 80.8 cm³/mol. The van der Waals surface area contributed by atoms with Crippen LogP contribution in [0.15, 0.2) is 42.5 Å². The third-order valence-electron chi connectivity index (χ3n) is 3.85. The lowest BCUT2D eigenvalue weighted by Gasteiger charge is -2.06. The van der Waals surface area contributed by atoms with Crippen LogP contribution in [0.5, 0.6) is 5.75 Å². The van der Waals surface area contributed by atoms with Crippen molar-refractivity contribution in [3.05, 3.63) is 70.0 Å². The van der Waals surface area contributed by atoms with E-state index in [0.717, 1.165) is 17.2 Å². The van der Waals surface area contributed by atoms with Crippen LogP contribution in [0, 0.1) is 6.57 Å². The Balaban J connectivity index is 1.80. The molecule has 0 aromatic heterocycles. The van der Waals surface area contributed by atoms with Crippen molar-refractivity contribution in [1.82, 2.24) is 0 Å². The zero-order chi connectivity index (χ0) is 14.1. The molecule has 2 unspecified atom stereocenters. The summed E-state index contributed by atoms with van der Waals surface area (Å²) in [6.07, 6.45) is 1.11. The molecular formula is C17H14ClNO. The Morgan fingerprint density at radius 3 is 2.50 bits per heavy atom. The van der Waals surface area contributed by atoms with E-state index in [0.29, 0.717) is 17.5 Å². The number of hydrogen-bond acceptors (Lipinski definition) is 1. The van der Waals surface area contributed by atoms with Gasteiger partial charge in [0.1, 0.15) is 5.75 Å². The van der Waals surface area contributed by atoms with Crippen molar-refractivity contribution in [3.8, 4) is 5.75 Å². The van der Waals surface area contributed by atoms with E-state index in [4.69, 9.17) is 22.9 Å². The summed E-state index contributed by atoms with van der Waals surface area (Å²) >= 11 is 6.32. The highest BCUT2D eigenvalue weighted by Crippen LogP contribution is 2.56. The predicted octanol–water partition coefficient (Wildman–Crippen LogP) is 5.17. The number of nitrogens with zero attached hydrogens (tertiary/aromatic N) is 1. The molecule has 0 heterocycles. The Morgan fingerprint density at radius 2 is 1.90 bits per heavy atom. The molecule has 3 heteroatoms. The first kappa shape index (κ1) is 13.0. The summed E-state index contributed by atoms with van der Waals surface area (Å²) in [4.78, 5) is 3.42. The van der Waals surface area contributed by atoms with Gasteiger partial charge in [0.15, 0.2) is 5.69 Å². The molecule has 0 amide bonds. The van der Waals surface area contributed by atoms with Crippen molar-refractivity contribution in [2.45, 2.75) is 18.3 Å². The highest BCUT2D eigenvalue weighted by molar-refractivity contribution is 6.31. The van der Waals surface area contributed by atoms with Gasteiger partial charge in [0.2, 0.25) is 0 Å². The quantitative estimate of drug-likeness (QED) is 0.709. The molecule has 2 aromatic carbocycles. The smallest absolute Gasteiger partial charge is 0.187 e. The number of hydrogen-bond donors (Lipinski definition) is 0. The van der Waals surface area contributed by atoms with E-state index >= 15 is 0 Å². The van der Waals surface area contributed by atoms with Crippen LogP contribution in [0.25, 0.3) is 4.85 Å². The maximum Gasteiger partial charge on any atom is 0.187 e. The molecule has 0 saturated heterocycles. The largest absolute Gasteiger partial charge is 0.497 e. The summed E-state index contributed by atoms with van der Waals surface area (Å²) in [5.74, 6) is 1.78. The fourth-order valence-corrected chi connectivity index (χ4v) is 2.95. The first-order valence-corrected chi connectivity index (χ1v) is 6.91. The molecule has 1 aliphatic rings. The lowest BCUT2D eigenvalue weighted by Crippen LogP contribution is -1.88. The van der Waals surface area contributed by atoms with Crippen molar-refractivity contribution < 1.29 is 4.74 Å². The van der Waals surface area contributed by atoms with Gasteiger partial charge in [0.05, 0.1) is 13.7 Å². The highest BCUT2D eigenvalue weighted by Gasteiger charge is 2.40. The van der Waals surface area contributed by atoms with E-state index in [1.807, 2.05) is 24.3 Å². The summed E-state index contributed by atoms with van der Waals surface area (Å²) in [5, 5.41) is 0.773. The molecule has 2 nitrogen and oxygen atoms in total. The van der Waals surface area contributed by atoms with Crippen molar-refractivity contribution in [3.63, 3.8) is 0 Å². The van der Waals surface area contributed by atoms with Gasteiger partial charge in [-0.15, -0.1) is 0 Å². The maximum atomic E-state index is 6.97. The van der Waals surface area contributed by atoms with E-state index in [9.17, 15) is 0 Å². The second-order valence-corrected chi connectivity index (χ2v) is 5.45. The van der Waals surface area contributed by atoms with Gasteiger partial charge in [-0.2, -0.15) is 0 Å². The second kappa shape index (κ2) is 5.19. The number of rotatable bonds is 3. The van der Waals surface area contributed by atoms with E-state index in [1.54, 1.807) is 7.11 Å². The number of halogens is 1. The third kappa shape index (κ3) is 2.37. The molecule has 100 valence electrons. The number of benzene rings is 2. The van der Waals surface area contributed by atoms with E-state index in [2.05, 4.69) is 23.0 Å². The fraction of sp³-hybridized carbons (Fsp3) is 0.235. The van der Waals surface area contributed by atoms with E-state index in [-0.39, 0.29) is 0 Å². The molecule has 0 aliphatic heterocycles.